The Balaban J connectivity index is 0.000000415. The standard InChI is InChI=1S/C12H11NO2.2C2H6/c1-6-11-7(2-4-9(11)14)13-8-3-5-10(15)12(6)8;2*1-2/h2,4,6,13H,3,5H2,1H3;2*1-2H3. The molecule has 1 heterocycles. The molecular formula is C16H23NO2. The molecule has 0 saturated carbocycles. The van der Waals surface area contributed by atoms with Gasteiger partial charge in [-0.25, -0.2) is 0 Å². The third-order valence-electron chi connectivity index (χ3n) is 3.34. The van der Waals surface area contributed by atoms with Gasteiger partial charge in [0.1, 0.15) is 0 Å². The van der Waals surface area contributed by atoms with Gasteiger partial charge in [0, 0.05) is 34.9 Å². The van der Waals surface area contributed by atoms with Crippen molar-refractivity contribution in [2.24, 2.45) is 5.92 Å². The Hall–Kier alpha value is -1.64. The van der Waals surface area contributed by atoms with Gasteiger partial charge in [0.2, 0.25) is 0 Å². The van der Waals surface area contributed by atoms with Gasteiger partial charge in [0.05, 0.1) is 0 Å². The average molecular weight is 261 g/mol. The summed E-state index contributed by atoms with van der Waals surface area (Å²) in [6, 6.07) is 0. The highest BCUT2D eigenvalue weighted by Crippen LogP contribution is 2.38. The first-order valence-corrected chi connectivity index (χ1v) is 7.18. The van der Waals surface area contributed by atoms with E-state index in [-0.39, 0.29) is 17.5 Å². The van der Waals surface area contributed by atoms with Crippen LogP contribution in [0.5, 0.6) is 0 Å². The van der Waals surface area contributed by atoms with Crippen LogP contribution in [-0.2, 0) is 9.59 Å². The number of hydrogen-bond donors (Lipinski definition) is 1. The molecule has 0 aromatic carbocycles. The minimum Gasteiger partial charge on any atom is -0.358 e. The summed E-state index contributed by atoms with van der Waals surface area (Å²) in [5.41, 5.74) is 3.49. The van der Waals surface area contributed by atoms with E-state index in [4.69, 9.17) is 0 Å². The highest BCUT2D eigenvalue weighted by Gasteiger charge is 2.37. The largest absolute Gasteiger partial charge is 0.358 e. The average Bonchev–Trinajstić information content (AvgIpc) is 3.00. The molecule has 0 radical (unpaired) electrons. The summed E-state index contributed by atoms with van der Waals surface area (Å²) in [6.07, 6.45) is 4.75. The monoisotopic (exact) mass is 261 g/mol. The quantitative estimate of drug-likeness (QED) is 0.728. The molecular weight excluding hydrogens is 238 g/mol. The zero-order valence-corrected chi connectivity index (χ0v) is 12.5. The van der Waals surface area contributed by atoms with Gasteiger partial charge in [-0.2, -0.15) is 0 Å². The summed E-state index contributed by atoms with van der Waals surface area (Å²) in [6.45, 7) is 9.94. The number of ketones is 2. The van der Waals surface area contributed by atoms with Crippen LogP contribution < -0.4 is 5.32 Å². The van der Waals surface area contributed by atoms with Crippen molar-refractivity contribution in [2.45, 2.75) is 47.5 Å². The van der Waals surface area contributed by atoms with Crippen LogP contribution in [0.2, 0.25) is 0 Å². The molecule has 0 saturated heterocycles. The molecule has 1 aliphatic heterocycles. The smallest absolute Gasteiger partial charge is 0.184 e. The van der Waals surface area contributed by atoms with Gasteiger partial charge >= 0.3 is 0 Å². The Morgan fingerprint density at radius 2 is 1.63 bits per heavy atom. The Morgan fingerprint density at radius 1 is 1.00 bits per heavy atom. The lowest BCUT2D eigenvalue weighted by Crippen LogP contribution is -2.25. The predicted octanol–water partition coefficient (Wildman–Crippen LogP) is 3.29. The van der Waals surface area contributed by atoms with E-state index >= 15 is 0 Å². The van der Waals surface area contributed by atoms with Gasteiger partial charge in [-0.15, -0.1) is 0 Å². The van der Waals surface area contributed by atoms with Crippen LogP contribution in [0, 0.1) is 5.92 Å². The number of Topliss-reactive ketones (excluding diaryl/α,β-unsaturated/α-hetero) is 1. The third-order valence-corrected chi connectivity index (χ3v) is 3.34. The minimum absolute atomic E-state index is 0.0336. The summed E-state index contributed by atoms with van der Waals surface area (Å²) in [5.74, 6) is 0.196. The molecule has 3 aliphatic rings. The van der Waals surface area contributed by atoms with Gasteiger partial charge in [0.25, 0.3) is 0 Å². The molecule has 1 unspecified atom stereocenters. The Kier molecular flexibility index (Phi) is 5.28. The fraction of sp³-hybridized carbons (Fsp3) is 0.500. The highest BCUT2D eigenvalue weighted by atomic mass is 16.1. The number of rotatable bonds is 0. The van der Waals surface area contributed by atoms with E-state index in [1.165, 1.54) is 0 Å². The minimum atomic E-state index is -0.0336. The van der Waals surface area contributed by atoms with Crippen LogP contribution >= 0.6 is 0 Å². The molecule has 104 valence electrons. The Morgan fingerprint density at radius 3 is 2.26 bits per heavy atom. The molecule has 2 aliphatic carbocycles. The van der Waals surface area contributed by atoms with Crippen LogP contribution in [0.25, 0.3) is 0 Å². The number of carbonyl (C=O) groups is 2. The lowest BCUT2D eigenvalue weighted by molar-refractivity contribution is -0.115. The second-order valence-electron chi connectivity index (χ2n) is 4.19. The van der Waals surface area contributed by atoms with Gasteiger partial charge < -0.3 is 5.32 Å². The molecule has 3 rings (SSSR count). The second-order valence-corrected chi connectivity index (χ2v) is 4.19. The second kappa shape index (κ2) is 6.50. The van der Waals surface area contributed by atoms with E-state index in [0.29, 0.717) is 6.42 Å². The van der Waals surface area contributed by atoms with Crippen molar-refractivity contribution in [3.05, 3.63) is 34.7 Å². The molecule has 1 atom stereocenters. The van der Waals surface area contributed by atoms with Crippen LogP contribution in [0.3, 0.4) is 0 Å². The zero-order chi connectivity index (χ0) is 14.6. The first-order valence-electron chi connectivity index (χ1n) is 7.18. The molecule has 0 bridgehead atoms. The normalized spacial score (nSPS) is 23.1. The lowest BCUT2D eigenvalue weighted by atomic mass is 9.87. The number of carbonyl (C=O) groups excluding carboxylic acids is 2. The van der Waals surface area contributed by atoms with Gasteiger partial charge in [-0.1, -0.05) is 34.6 Å². The molecule has 0 aromatic rings. The summed E-state index contributed by atoms with van der Waals surface area (Å²) < 4.78 is 0. The predicted molar refractivity (Wildman–Crippen MR) is 77.4 cm³/mol. The van der Waals surface area contributed by atoms with Crippen LogP contribution in [0.1, 0.15) is 47.5 Å². The first-order chi connectivity index (χ1) is 9.18. The van der Waals surface area contributed by atoms with Gasteiger partial charge in [0.15, 0.2) is 11.6 Å². The molecule has 3 nitrogen and oxygen atoms in total. The highest BCUT2D eigenvalue weighted by molar-refractivity contribution is 6.11. The molecule has 0 amide bonds. The van der Waals surface area contributed by atoms with Gasteiger partial charge in [-0.05, 0) is 18.6 Å². The van der Waals surface area contributed by atoms with E-state index in [2.05, 4.69) is 5.32 Å². The maximum Gasteiger partial charge on any atom is 0.184 e. The molecule has 19 heavy (non-hydrogen) atoms. The van der Waals surface area contributed by atoms with Crippen molar-refractivity contribution in [1.82, 2.24) is 5.32 Å². The Bertz CT molecular complexity index is 479. The number of allylic oxidation sites excluding steroid dienone is 5. The SMILES string of the molecule is CC.CC.CC1C2=C(C=CC2=O)NC2=C1C(=O)CC2. The molecule has 1 N–H and O–H groups in total. The maximum absolute atomic E-state index is 11.7. The molecule has 3 heteroatoms. The maximum atomic E-state index is 11.7. The van der Waals surface area contributed by atoms with Crippen molar-refractivity contribution in [3.8, 4) is 0 Å². The first kappa shape index (κ1) is 15.4. The third kappa shape index (κ3) is 2.55. The number of dihydropyridines is 1. The zero-order valence-electron chi connectivity index (χ0n) is 12.5. The fourth-order valence-electron chi connectivity index (χ4n) is 2.64. The van der Waals surface area contributed by atoms with Crippen LogP contribution in [-0.4, -0.2) is 11.6 Å². The van der Waals surface area contributed by atoms with E-state index < -0.39 is 0 Å². The number of nitrogens with one attached hydrogen (secondary N) is 1. The molecule has 0 fully saturated rings. The topological polar surface area (TPSA) is 46.2 Å². The summed E-state index contributed by atoms with van der Waals surface area (Å²) in [7, 11) is 0. The van der Waals surface area contributed by atoms with Crippen LogP contribution in [0.15, 0.2) is 34.7 Å². The van der Waals surface area contributed by atoms with Gasteiger partial charge in [-0.3, -0.25) is 9.59 Å². The summed E-state index contributed by atoms with van der Waals surface area (Å²) >= 11 is 0. The molecule has 0 spiro atoms. The van der Waals surface area contributed by atoms with Crippen molar-refractivity contribution in [2.75, 3.05) is 0 Å². The van der Waals surface area contributed by atoms with Crippen molar-refractivity contribution in [1.29, 1.82) is 0 Å². The van der Waals surface area contributed by atoms with Crippen molar-refractivity contribution in [3.63, 3.8) is 0 Å². The summed E-state index contributed by atoms with van der Waals surface area (Å²) in [4.78, 5) is 23.3. The lowest BCUT2D eigenvalue weighted by Gasteiger charge is -2.23. The van der Waals surface area contributed by atoms with Crippen molar-refractivity contribution >= 4 is 11.6 Å². The number of hydrogen-bond acceptors (Lipinski definition) is 3. The molecule has 0 aromatic heterocycles. The van der Waals surface area contributed by atoms with E-state index in [9.17, 15) is 9.59 Å². The van der Waals surface area contributed by atoms with E-state index in [1.54, 1.807) is 12.2 Å². The van der Waals surface area contributed by atoms with Crippen LogP contribution in [0.4, 0.5) is 0 Å². The van der Waals surface area contributed by atoms with E-state index in [1.807, 2.05) is 34.6 Å². The van der Waals surface area contributed by atoms with Crippen molar-refractivity contribution < 1.29 is 9.59 Å². The summed E-state index contributed by atoms with van der Waals surface area (Å²) in [5, 5.41) is 3.20. The van der Waals surface area contributed by atoms with E-state index in [0.717, 1.165) is 29.0 Å². The Labute approximate surface area is 115 Å². The fourth-order valence-corrected chi connectivity index (χ4v) is 2.64.